The number of benzene rings is 1. The summed E-state index contributed by atoms with van der Waals surface area (Å²) in [7, 11) is 0. The van der Waals surface area contributed by atoms with E-state index in [4.69, 9.17) is 10.5 Å². The molecule has 0 bridgehead atoms. The van der Waals surface area contributed by atoms with Gasteiger partial charge < -0.3 is 20.2 Å². The molecule has 0 fully saturated rings. The molecule has 0 saturated carbocycles. The van der Waals surface area contributed by atoms with E-state index in [1.54, 1.807) is 6.92 Å². The minimum absolute atomic E-state index is 0.207. The molecule has 1 aromatic rings. The molecule has 0 saturated heterocycles. The van der Waals surface area contributed by atoms with Crippen LogP contribution in [0, 0.1) is 0 Å². The highest BCUT2D eigenvalue weighted by Crippen LogP contribution is 2.08. The molecule has 0 aromatic heterocycles. The molecule has 0 atom stereocenters. The molecule has 0 aliphatic carbocycles. The van der Waals surface area contributed by atoms with Crippen molar-refractivity contribution in [3.63, 3.8) is 0 Å². The van der Waals surface area contributed by atoms with Crippen LogP contribution in [-0.2, 0) is 20.9 Å². The van der Waals surface area contributed by atoms with E-state index < -0.39 is 0 Å². The summed E-state index contributed by atoms with van der Waals surface area (Å²) < 4.78 is 5.86. The maximum atomic E-state index is 11.0. The Hall–Kier alpha value is -1.72. The van der Waals surface area contributed by atoms with Gasteiger partial charge in [0.1, 0.15) is 5.78 Å². The van der Waals surface area contributed by atoms with Gasteiger partial charge in [-0.2, -0.15) is 0 Å². The summed E-state index contributed by atoms with van der Waals surface area (Å²) in [4.78, 5) is 24.3. The van der Waals surface area contributed by atoms with Gasteiger partial charge in [0.05, 0.1) is 13.2 Å². The van der Waals surface area contributed by atoms with Crippen LogP contribution in [0.1, 0.15) is 76.7 Å². The van der Waals surface area contributed by atoms with Gasteiger partial charge >= 0.3 is 0 Å². The number of rotatable bonds is 19. The van der Waals surface area contributed by atoms with Crippen LogP contribution in [0.5, 0.6) is 0 Å². The SMILES string of the molecule is CC(=O)CCCCCCCN(CCCCCC(N)=O)CCOCc1ccccc1. The molecule has 2 N–H and O–H groups in total. The number of hydrogen-bond donors (Lipinski definition) is 1. The van der Waals surface area contributed by atoms with Crippen molar-refractivity contribution in [3.8, 4) is 0 Å². The quantitative estimate of drug-likeness (QED) is 0.345. The van der Waals surface area contributed by atoms with Gasteiger partial charge in [0.25, 0.3) is 0 Å². The van der Waals surface area contributed by atoms with Crippen LogP contribution in [-0.4, -0.2) is 42.8 Å². The predicted molar refractivity (Wildman–Crippen MR) is 119 cm³/mol. The Kier molecular flexibility index (Phi) is 15.0. The second kappa shape index (κ2) is 17.2. The second-order valence-corrected chi connectivity index (χ2v) is 7.88. The van der Waals surface area contributed by atoms with Crippen molar-refractivity contribution in [1.82, 2.24) is 4.90 Å². The number of ketones is 1. The van der Waals surface area contributed by atoms with Crippen molar-refractivity contribution in [1.29, 1.82) is 0 Å². The van der Waals surface area contributed by atoms with E-state index in [-0.39, 0.29) is 5.91 Å². The minimum atomic E-state index is -0.207. The number of carbonyl (C=O) groups is 2. The summed E-state index contributed by atoms with van der Waals surface area (Å²) >= 11 is 0. The van der Waals surface area contributed by atoms with E-state index in [2.05, 4.69) is 17.0 Å². The minimum Gasteiger partial charge on any atom is -0.375 e. The molecule has 164 valence electrons. The largest absolute Gasteiger partial charge is 0.375 e. The van der Waals surface area contributed by atoms with E-state index >= 15 is 0 Å². The Morgan fingerprint density at radius 3 is 2.07 bits per heavy atom. The molecule has 5 nitrogen and oxygen atoms in total. The molecule has 0 aliphatic heterocycles. The summed E-state index contributed by atoms with van der Waals surface area (Å²) in [6.45, 7) is 6.11. The molecule has 1 amide bonds. The number of nitrogens with two attached hydrogens (primary N) is 1. The standard InChI is InChI=1S/C24H40N2O3/c1-22(27)13-7-3-2-4-11-17-26(18-12-6-10-16-24(25)28)19-20-29-21-23-14-8-5-9-15-23/h5,8-9,14-15H,2-4,6-7,10-13,16-21H2,1H3,(H2,25,28). The summed E-state index contributed by atoms with van der Waals surface area (Å²) in [5.41, 5.74) is 6.42. The molecule has 1 rings (SSSR count). The third-order valence-corrected chi connectivity index (χ3v) is 5.06. The Morgan fingerprint density at radius 1 is 0.828 bits per heavy atom. The van der Waals surface area contributed by atoms with Gasteiger partial charge in [-0.15, -0.1) is 0 Å². The maximum absolute atomic E-state index is 11.0. The van der Waals surface area contributed by atoms with Gasteiger partial charge in [0.15, 0.2) is 0 Å². The van der Waals surface area contributed by atoms with Crippen molar-refractivity contribution in [2.45, 2.75) is 77.7 Å². The lowest BCUT2D eigenvalue weighted by Crippen LogP contribution is -2.30. The summed E-state index contributed by atoms with van der Waals surface area (Å²) in [5.74, 6) is 0.0870. The highest BCUT2D eigenvalue weighted by Gasteiger charge is 2.06. The zero-order chi connectivity index (χ0) is 21.2. The molecule has 0 aliphatic rings. The van der Waals surface area contributed by atoms with E-state index in [9.17, 15) is 9.59 Å². The first-order valence-corrected chi connectivity index (χ1v) is 11.2. The third kappa shape index (κ3) is 15.8. The van der Waals surface area contributed by atoms with Crippen LogP contribution in [0.3, 0.4) is 0 Å². The highest BCUT2D eigenvalue weighted by atomic mass is 16.5. The summed E-state index contributed by atoms with van der Waals surface area (Å²) in [6, 6.07) is 10.3. The molecule has 29 heavy (non-hydrogen) atoms. The fourth-order valence-electron chi connectivity index (χ4n) is 3.34. The van der Waals surface area contributed by atoms with Gasteiger partial charge in [-0.05, 0) is 51.3 Å². The number of ether oxygens (including phenoxy) is 1. The number of carbonyl (C=O) groups excluding carboxylic acids is 2. The normalized spacial score (nSPS) is 11.1. The fraction of sp³-hybridized carbons (Fsp3) is 0.667. The average Bonchev–Trinajstić information content (AvgIpc) is 2.69. The number of Topliss-reactive ketones (excluding diaryl/α,β-unsaturated/α-hetero) is 1. The number of primary amides is 1. The Labute approximate surface area is 177 Å². The molecule has 0 unspecified atom stereocenters. The smallest absolute Gasteiger partial charge is 0.217 e. The van der Waals surface area contributed by atoms with Crippen molar-refractivity contribution < 1.29 is 14.3 Å². The van der Waals surface area contributed by atoms with E-state index in [0.717, 1.165) is 64.8 Å². The lowest BCUT2D eigenvalue weighted by atomic mass is 10.1. The third-order valence-electron chi connectivity index (χ3n) is 5.06. The zero-order valence-corrected chi connectivity index (χ0v) is 18.2. The number of hydrogen-bond acceptors (Lipinski definition) is 4. The van der Waals surface area contributed by atoms with Crippen molar-refractivity contribution >= 4 is 11.7 Å². The Bertz CT molecular complexity index is 548. The van der Waals surface area contributed by atoms with Crippen molar-refractivity contribution in [2.75, 3.05) is 26.2 Å². The lowest BCUT2D eigenvalue weighted by molar-refractivity contribution is -0.118. The molecule has 0 radical (unpaired) electrons. The number of unbranched alkanes of at least 4 members (excludes halogenated alkanes) is 6. The summed E-state index contributed by atoms with van der Waals surface area (Å²) in [5, 5.41) is 0. The molecule has 5 heteroatoms. The van der Waals surface area contributed by atoms with Crippen molar-refractivity contribution in [2.24, 2.45) is 5.73 Å². The molecular formula is C24H40N2O3. The average molecular weight is 405 g/mol. The zero-order valence-electron chi connectivity index (χ0n) is 18.2. The van der Waals surface area contributed by atoms with E-state index in [1.165, 1.54) is 24.8 Å². The molecule has 0 heterocycles. The van der Waals surface area contributed by atoms with Gasteiger partial charge in [0.2, 0.25) is 5.91 Å². The van der Waals surface area contributed by atoms with Crippen LogP contribution >= 0.6 is 0 Å². The van der Waals surface area contributed by atoms with Gasteiger partial charge in [-0.3, -0.25) is 4.79 Å². The van der Waals surface area contributed by atoms with Gasteiger partial charge in [-0.25, -0.2) is 0 Å². The molecule has 0 spiro atoms. The first-order chi connectivity index (χ1) is 14.1. The van der Waals surface area contributed by atoms with Gasteiger partial charge in [0, 0.05) is 19.4 Å². The topological polar surface area (TPSA) is 72.6 Å². The van der Waals surface area contributed by atoms with E-state index in [0.29, 0.717) is 18.8 Å². The van der Waals surface area contributed by atoms with Crippen LogP contribution < -0.4 is 5.73 Å². The van der Waals surface area contributed by atoms with E-state index in [1.807, 2.05) is 18.2 Å². The molecular weight excluding hydrogens is 364 g/mol. The highest BCUT2D eigenvalue weighted by molar-refractivity contribution is 5.75. The Morgan fingerprint density at radius 2 is 1.41 bits per heavy atom. The first-order valence-electron chi connectivity index (χ1n) is 11.2. The van der Waals surface area contributed by atoms with Crippen LogP contribution in [0.15, 0.2) is 30.3 Å². The molecule has 1 aromatic carbocycles. The van der Waals surface area contributed by atoms with Crippen LogP contribution in [0.25, 0.3) is 0 Å². The van der Waals surface area contributed by atoms with Crippen LogP contribution in [0.4, 0.5) is 0 Å². The fourth-order valence-corrected chi connectivity index (χ4v) is 3.34. The number of amides is 1. The number of nitrogens with zero attached hydrogens (tertiary/aromatic N) is 1. The predicted octanol–water partition coefficient (Wildman–Crippen LogP) is 4.48. The second-order valence-electron chi connectivity index (χ2n) is 7.88. The van der Waals surface area contributed by atoms with Crippen LogP contribution in [0.2, 0.25) is 0 Å². The maximum Gasteiger partial charge on any atom is 0.217 e. The lowest BCUT2D eigenvalue weighted by Gasteiger charge is -2.22. The van der Waals surface area contributed by atoms with Gasteiger partial charge in [-0.1, -0.05) is 56.0 Å². The van der Waals surface area contributed by atoms with Crippen molar-refractivity contribution in [3.05, 3.63) is 35.9 Å². The monoisotopic (exact) mass is 404 g/mol. The first kappa shape index (κ1) is 25.3. The summed E-state index contributed by atoms with van der Waals surface area (Å²) in [6.07, 6.45) is 9.96. The Balaban J connectivity index is 2.20.